The van der Waals surface area contributed by atoms with Gasteiger partial charge in [0.1, 0.15) is 0 Å². The molecule has 8 heterocycles. The van der Waals surface area contributed by atoms with Gasteiger partial charge in [-0.05, 0) is 152 Å². The van der Waals surface area contributed by atoms with Crippen molar-refractivity contribution in [2.75, 3.05) is 0 Å². The van der Waals surface area contributed by atoms with Crippen LogP contribution < -0.4 is 0 Å². The fourth-order valence-corrected chi connectivity index (χ4v) is 9.31. The van der Waals surface area contributed by atoms with Gasteiger partial charge in [0.15, 0.2) is 0 Å². The molecule has 0 spiro atoms. The van der Waals surface area contributed by atoms with Crippen molar-refractivity contribution >= 4 is 79.6 Å². The molecule has 0 aliphatic carbocycles. The first-order valence-electron chi connectivity index (χ1n) is 21.9. The first-order chi connectivity index (χ1) is 31.2. The number of rotatable bonds is 3. The summed E-state index contributed by atoms with van der Waals surface area (Å²) in [4.78, 5) is 31.4. The van der Waals surface area contributed by atoms with E-state index in [4.69, 9.17) is 15.0 Å². The zero-order chi connectivity index (χ0) is 43.6. The molecule has 0 amide bonds. The van der Waals surface area contributed by atoms with Crippen molar-refractivity contribution in [1.82, 2.24) is 34.9 Å². The molecule has 0 fully saturated rings. The first-order valence-corrected chi connectivity index (χ1v) is 21.9. The van der Waals surface area contributed by atoms with Crippen molar-refractivity contribution in [3.8, 4) is 33.4 Å². The maximum Gasteiger partial charge on any atom is 0.0908 e. The predicted molar refractivity (Wildman–Crippen MR) is 269 cm³/mol. The minimum Gasteiger partial charge on any atom is -0.355 e. The number of hydrogen-bond donors (Lipinski definition) is 4. The van der Waals surface area contributed by atoms with Crippen molar-refractivity contribution in [3.63, 3.8) is 0 Å². The highest BCUT2D eigenvalue weighted by Crippen LogP contribution is 2.39. The summed E-state index contributed by atoms with van der Waals surface area (Å²) >= 11 is 0. The highest BCUT2D eigenvalue weighted by Gasteiger charge is 2.22. The van der Waals surface area contributed by atoms with E-state index in [-0.39, 0.29) is 0 Å². The molecular weight excluding hydrogens is 783 g/mol. The van der Waals surface area contributed by atoms with E-state index in [1.54, 1.807) is 0 Å². The van der Waals surface area contributed by atoms with E-state index < -0.39 is 0 Å². The lowest BCUT2D eigenvalue weighted by Gasteiger charge is -2.06. The van der Waals surface area contributed by atoms with Crippen LogP contribution in [0.2, 0.25) is 0 Å². The topological polar surface area (TPSA) is 102 Å². The summed E-state index contributed by atoms with van der Waals surface area (Å²) in [6.07, 6.45) is 8.52. The Morgan fingerprint density at radius 3 is 1.08 bits per heavy atom. The molecule has 64 heavy (non-hydrogen) atoms. The normalized spacial score (nSPS) is 12.7. The zero-order valence-electron chi connectivity index (χ0n) is 36.8. The van der Waals surface area contributed by atoms with Crippen LogP contribution in [0.15, 0.2) is 127 Å². The molecule has 3 aliphatic heterocycles. The number of H-pyrrole nitrogens is 4. The van der Waals surface area contributed by atoms with Crippen LogP contribution in [0.5, 0.6) is 0 Å². The van der Waals surface area contributed by atoms with E-state index in [0.29, 0.717) is 0 Å². The molecule has 0 saturated carbocycles. The summed E-state index contributed by atoms with van der Waals surface area (Å²) < 4.78 is 0. The molecule has 4 N–H and O–H groups in total. The van der Waals surface area contributed by atoms with Crippen LogP contribution in [0.3, 0.4) is 0 Å². The number of aromatic amines is 4. The molecule has 14 bridgehead atoms. The van der Waals surface area contributed by atoms with Gasteiger partial charge in [-0.1, -0.05) is 91.0 Å². The highest BCUT2D eigenvalue weighted by atomic mass is 14.8. The average Bonchev–Trinajstić information content (AvgIpc) is 4.21. The van der Waals surface area contributed by atoms with Crippen LogP contribution in [0.25, 0.3) is 113 Å². The maximum atomic E-state index is 5.43. The molecular formula is C57H47N7. The van der Waals surface area contributed by atoms with E-state index in [2.05, 4.69) is 207 Å². The number of nitrogens with one attached hydrogen (secondary N) is 4. The van der Waals surface area contributed by atoms with Crippen LogP contribution in [0.4, 0.5) is 0 Å². The van der Waals surface area contributed by atoms with Gasteiger partial charge in [-0.3, -0.25) is 0 Å². The third kappa shape index (κ3) is 6.56. The Bertz CT molecular complexity index is 3430. The van der Waals surface area contributed by atoms with Crippen molar-refractivity contribution in [2.45, 2.75) is 41.5 Å². The van der Waals surface area contributed by atoms with Gasteiger partial charge in [0, 0.05) is 49.8 Å². The smallest absolute Gasteiger partial charge is 0.0908 e. The molecule has 0 saturated heterocycles. The fraction of sp³-hybridized carbons (Fsp3) is 0.105. The Morgan fingerprint density at radius 2 is 0.688 bits per heavy atom. The Kier molecular flexibility index (Phi) is 9.35. The lowest BCUT2D eigenvalue weighted by atomic mass is 10.0. The van der Waals surface area contributed by atoms with Crippen LogP contribution in [0.1, 0.15) is 70.3 Å². The van der Waals surface area contributed by atoms with Gasteiger partial charge >= 0.3 is 0 Å². The predicted octanol–water partition coefficient (Wildman–Crippen LogP) is 14.8. The summed E-state index contributed by atoms with van der Waals surface area (Å²) in [5.41, 5.74) is 26.8. The summed E-state index contributed by atoms with van der Waals surface area (Å²) in [6, 6.07) is 44.5. The van der Waals surface area contributed by atoms with Gasteiger partial charge in [-0.15, -0.1) is 0 Å². The third-order valence-corrected chi connectivity index (χ3v) is 13.2. The monoisotopic (exact) mass is 829 g/mol. The Hall–Kier alpha value is -8.03. The second kappa shape index (κ2) is 15.4. The quantitative estimate of drug-likeness (QED) is 0.143. The Labute approximate surface area is 371 Å². The van der Waals surface area contributed by atoms with Gasteiger partial charge < -0.3 is 19.9 Å². The lowest BCUT2D eigenvalue weighted by Crippen LogP contribution is -1.90. The summed E-state index contributed by atoms with van der Waals surface area (Å²) in [7, 11) is 0. The number of fused-ring (bicyclic) bond motifs is 16. The molecule has 7 nitrogen and oxygen atoms in total. The molecule has 3 aromatic carbocycles. The number of benzene rings is 3. The molecule has 3 aliphatic rings. The Balaban J connectivity index is 1.28. The maximum absolute atomic E-state index is 5.43. The largest absolute Gasteiger partial charge is 0.355 e. The molecule has 11 rings (SSSR count). The van der Waals surface area contributed by atoms with Gasteiger partial charge in [-0.2, -0.15) is 0 Å². The number of aromatic nitrogens is 7. The number of hydrogen-bond acceptors (Lipinski definition) is 3. The van der Waals surface area contributed by atoms with Crippen molar-refractivity contribution < 1.29 is 0 Å². The second-order valence-electron chi connectivity index (χ2n) is 17.0. The zero-order valence-corrected chi connectivity index (χ0v) is 36.8. The first kappa shape index (κ1) is 38.9. The standard InChI is InChI=1S/C57H47N7/c1-32-34(3)54-56-36(5)37(6)57(64-56)55-35(4)33(2)50(63-55)31-42-23-25-44(59-42)52(39-18-12-8-13-19-39)46-27-29-48(61-46)53(40-20-14-9-15-21-40)47-28-26-45(60-47)51(38-16-10-7-11-17-38)43-24-22-41(58-43)30-49(32)62-54/h7-31,58-59,62-63H,1-6H3. The lowest BCUT2D eigenvalue weighted by molar-refractivity contribution is 1.28. The van der Waals surface area contributed by atoms with E-state index >= 15 is 0 Å². The molecule has 7 heteroatoms. The molecule has 0 radical (unpaired) electrons. The third-order valence-electron chi connectivity index (χ3n) is 13.2. The molecule has 8 aromatic rings. The van der Waals surface area contributed by atoms with Gasteiger partial charge in [0.25, 0.3) is 0 Å². The minimum absolute atomic E-state index is 0.855. The average molecular weight is 830 g/mol. The molecule has 310 valence electrons. The van der Waals surface area contributed by atoms with E-state index in [1.165, 1.54) is 33.4 Å². The van der Waals surface area contributed by atoms with Gasteiger partial charge in [0.05, 0.1) is 45.2 Å². The van der Waals surface area contributed by atoms with Gasteiger partial charge in [-0.25, -0.2) is 15.0 Å². The summed E-state index contributed by atoms with van der Waals surface area (Å²) in [5.74, 6) is 0. The second-order valence-corrected chi connectivity index (χ2v) is 17.0. The van der Waals surface area contributed by atoms with Crippen LogP contribution >= 0.6 is 0 Å². The summed E-state index contributed by atoms with van der Waals surface area (Å²) in [6.45, 7) is 13.1. The van der Waals surface area contributed by atoms with Crippen LogP contribution in [-0.2, 0) is 0 Å². The summed E-state index contributed by atoms with van der Waals surface area (Å²) in [5, 5.41) is 0. The highest BCUT2D eigenvalue weighted by molar-refractivity contribution is 6.01. The van der Waals surface area contributed by atoms with E-state index in [1.807, 2.05) is 6.07 Å². The fourth-order valence-electron chi connectivity index (χ4n) is 9.31. The molecule has 0 atom stereocenters. The van der Waals surface area contributed by atoms with Crippen molar-refractivity contribution in [2.24, 2.45) is 0 Å². The van der Waals surface area contributed by atoms with Gasteiger partial charge in [0.2, 0.25) is 0 Å². The number of aryl methyl sites for hydroxylation is 4. The van der Waals surface area contributed by atoms with Crippen molar-refractivity contribution in [3.05, 3.63) is 184 Å². The number of allylic oxidation sites excluding steroid dienone is 2. The van der Waals surface area contributed by atoms with E-state index in [0.717, 1.165) is 112 Å². The van der Waals surface area contributed by atoms with Crippen molar-refractivity contribution in [1.29, 1.82) is 0 Å². The SMILES string of the molecule is CC1=C(C)c2nc1c1[nH]c(cc3ccc([nH]3)c(-c3ccccc3)c3nc(c(-c4ccccc4)c4nc(c(-c5ccccc5)c5ccc(cc6[nH]c2c(C)c6C)[nH]5)C=C4)C=C3)c(C)c1C. The Morgan fingerprint density at radius 1 is 0.328 bits per heavy atom. The van der Waals surface area contributed by atoms with E-state index in [9.17, 15) is 0 Å². The molecule has 5 aromatic heterocycles. The molecule has 0 unspecified atom stereocenters. The van der Waals surface area contributed by atoms with Crippen LogP contribution in [0, 0.1) is 27.7 Å². The number of nitrogens with zero attached hydrogens (tertiary/aromatic N) is 3. The van der Waals surface area contributed by atoms with Crippen LogP contribution in [-0.4, -0.2) is 34.9 Å². The minimum atomic E-state index is 0.855.